The van der Waals surface area contributed by atoms with Crippen LogP contribution >= 0.6 is 11.6 Å². The highest BCUT2D eigenvalue weighted by Crippen LogP contribution is 2.28. The Morgan fingerprint density at radius 2 is 1.72 bits per heavy atom. The molecule has 0 bridgehead atoms. The third-order valence-electron chi connectivity index (χ3n) is 4.66. The summed E-state index contributed by atoms with van der Waals surface area (Å²) in [6.45, 7) is 2.52. The SMILES string of the molecule is Cc1ccc(S(=O)(=O)N2CCC(C(=O)c3ccccc3)CC2)cc1Cl. The predicted octanol–water partition coefficient (Wildman–Crippen LogP) is 3.93. The lowest BCUT2D eigenvalue weighted by atomic mass is 9.90. The minimum atomic E-state index is -3.58. The van der Waals surface area contributed by atoms with Crippen molar-refractivity contribution in [3.63, 3.8) is 0 Å². The van der Waals surface area contributed by atoms with Crippen LogP contribution in [0, 0.1) is 12.8 Å². The number of piperidine rings is 1. The second-order valence-electron chi connectivity index (χ2n) is 6.32. The van der Waals surface area contributed by atoms with Gasteiger partial charge in [0.05, 0.1) is 4.90 Å². The molecule has 1 aliphatic heterocycles. The van der Waals surface area contributed by atoms with Crippen LogP contribution in [0.2, 0.25) is 5.02 Å². The van der Waals surface area contributed by atoms with Gasteiger partial charge in [-0.15, -0.1) is 0 Å². The summed E-state index contributed by atoms with van der Waals surface area (Å²) in [5, 5.41) is 0.440. The number of carbonyl (C=O) groups is 1. The zero-order chi connectivity index (χ0) is 18.0. The van der Waals surface area contributed by atoms with Crippen LogP contribution in [0.3, 0.4) is 0 Å². The number of aryl methyl sites for hydroxylation is 1. The van der Waals surface area contributed by atoms with Crippen molar-refractivity contribution >= 4 is 27.4 Å². The van der Waals surface area contributed by atoms with E-state index >= 15 is 0 Å². The summed E-state index contributed by atoms with van der Waals surface area (Å²) in [7, 11) is -3.58. The molecule has 4 nitrogen and oxygen atoms in total. The molecule has 0 aromatic heterocycles. The maximum Gasteiger partial charge on any atom is 0.243 e. The van der Waals surface area contributed by atoms with E-state index in [2.05, 4.69) is 0 Å². The highest BCUT2D eigenvalue weighted by Gasteiger charge is 2.32. The molecule has 1 aliphatic rings. The van der Waals surface area contributed by atoms with Crippen LogP contribution in [-0.2, 0) is 10.0 Å². The van der Waals surface area contributed by atoms with Crippen molar-refractivity contribution in [3.8, 4) is 0 Å². The Hall–Kier alpha value is -1.69. The fourth-order valence-corrected chi connectivity index (χ4v) is 4.82. The summed E-state index contributed by atoms with van der Waals surface area (Å²) in [6.07, 6.45) is 1.07. The third-order valence-corrected chi connectivity index (χ3v) is 6.97. The van der Waals surface area contributed by atoms with E-state index in [1.165, 1.54) is 10.4 Å². The monoisotopic (exact) mass is 377 g/mol. The fourth-order valence-electron chi connectivity index (χ4n) is 3.08. The van der Waals surface area contributed by atoms with Gasteiger partial charge in [0.25, 0.3) is 0 Å². The average molecular weight is 378 g/mol. The topological polar surface area (TPSA) is 54.5 Å². The first-order valence-electron chi connectivity index (χ1n) is 8.25. The summed E-state index contributed by atoms with van der Waals surface area (Å²) >= 11 is 6.06. The molecular weight excluding hydrogens is 358 g/mol. The first kappa shape index (κ1) is 18.1. The number of Topliss-reactive ketones (excluding diaryl/α,β-unsaturated/α-hetero) is 1. The van der Waals surface area contributed by atoms with Crippen molar-refractivity contribution in [3.05, 3.63) is 64.7 Å². The van der Waals surface area contributed by atoms with Crippen molar-refractivity contribution in [1.29, 1.82) is 0 Å². The number of benzene rings is 2. The molecule has 1 heterocycles. The molecular formula is C19H20ClNO3S. The number of carbonyl (C=O) groups excluding carboxylic acids is 1. The highest BCUT2D eigenvalue weighted by molar-refractivity contribution is 7.89. The van der Waals surface area contributed by atoms with Gasteiger partial charge in [-0.1, -0.05) is 48.0 Å². The number of hydrogen-bond donors (Lipinski definition) is 0. The molecule has 0 radical (unpaired) electrons. The van der Waals surface area contributed by atoms with E-state index in [4.69, 9.17) is 11.6 Å². The Balaban J connectivity index is 1.71. The van der Waals surface area contributed by atoms with Crippen molar-refractivity contribution in [2.24, 2.45) is 5.92 Å². The number of sulfonamides is 1. The van der Waals surface area contributed by atoms with Crippen LogP contribution in [0.4, 0.5) is 0 Å². The molecule has 2 aromatic carbocycles. The number of hydrogen-bond acceptors (Lipinski definition) is 3. The summed E-state index contributed by atoms with van der Waals surface area (Å²) in [5.74, 6) is -0.0357. The molecule has 0 aliphatic carbocycles. The molecule has 25 heavy (non-hydrogen) atoms. The first-order valence-corrected chi connectivity index (χ1v) is 10.1. The molecule has 6 heteroatoms. The van der Waals surface area contributed by atoms with Crippen LogP contribution in [0.1, 0.15) is 28.8 Å². The average Bonchev–Trinajstić information content (AvgIpc) is 2.64. The molecule has 132 valence electrons. The van der Waals surface area contributed by atoms with Gasteiger partial charge >= 0.3 is 0 Å². The van der Waals surface area contributed by atoms with E-state index < -0.39 is 10.0 Å². The van der Waals surface area contributed by atoms with Gasteiger partial charge in [-0.3, -0.25) is 4.79 Å². The molecule has 1 saturated heterocycles. The Bertz CT molecular complexity index is 873. The van der Waals surface area contributed by atoms with Gasteiger partial charge in [0.2, 0.25) is 10.0 Å². The van der Waals surface area contributed by atoms with E-state index in [1.54, 1.807) is 24.3 Å². The van der Waals surface area contributed by atoms with Crippen molar-refractivity contribution in [2.75, 3.05) is 13.1 Å². The van der Waals surface area contributed by atoms with Crippen LogP contribution in [0.25, 0.3) is 0 Å². The van der Waals surface area contributed by atoms with E-state index in [9.17, 15) is 13.2 Å². The Morgan fingerprint density at radius 3 is 2.32 bits per heavy atom. The van der Waals surface area contributed by atoms with Gasteiger partial charge in [0.1, 0.15) is 0 Å². The summed E-state index contributed by atoms with van der Waals surface area (Å²) in [6, 6.07) is 14.0. The fraction of sp³-hybridized carbons (Fsp3) is 0.316. The number of ketones is 1. The lowest BCUT2D eigenvalue weighted by molar-refractivity contribution is 0.0875. The molecule has 1 fully saturated rings. The Morgan fingerprint density at radius 1 is 1.08 bits per heavy atom. The second kappa shape index (κ2) is 7.28. The van der Waals surface area contributed by atoms with Gasteiger partial charge in [-0.25, -0.2) is 8.42 Å². The minimum absolute atomic E-state index is 0.0935. The van der Waals surface area contributed by atoms with E-state index in [0.29, 0.717) is 36.5 Å². The summed E-state index contributed by atoms with van der Waals surface area (Å²) in [5.41, 5.74) is 1.53. The van der Waals surface area contributed by atoms with Gasteiger partial charge in [0, 0.05) is 29.6 Å². The molecule has 0 atom stereocenters. The van der Waals surface area contributed by atoms with E-state index in [0.717, 1.165) is 5.56 Å². The van der Waals surface area contributed by atoms with Crippen LogP contribution < -0.4 is 0 Å². The van der Waals surface area contributed by atoms with Crippen LogP contribution in [0.15, 0.2) is 53.4 Å². The number of halogens is 1. The lowest BCUT2D eigenvalue weighted by Crippen LogP contribution is -2.40. The van der Waals surface area contributed by atoms with Gasteiger partial charge < -0.3 is 0 Å². The smallest absolute Gasteiger partial charge is 0.243 e. The maximum atomic E-state index is 12.8. The third kappa shape index (κ3) is 3.78. The van der Waals surface area contributed by atoms with Crippen LogP contribution in [-0.4, -0.2) is 31.6 Å². The van der Waals surface area contributed by atoms with Gasteiger partial charge in [-0.05, 0) is 37.5 Å². The summed E-state index contributed by atoms with van der Waals surface area (Å²) < 4.78 is 27.0. The Kier molecular flexibility index (Phi) is 5.27. The van der Waals surface area contributed by atoms with Crippen molar-refractivity contribution in [2.45, 2.75) is 24.7 Å². The molecule has 2 aromatic rings. The highest BCUT2D eigenvalue weighted by atomic mass is 35.5. The molecule has 0 spiro atoms. The van der Waals surface area contributed by atoms with E-state index in [1.807, 2.05) is 25.1 Å². The molecule has 0 N–H and O–H groups in total. The lowest BCUT2D eigenvalue weighted by Gasteiger charge is -2.30. The molecule has 3 rings (SSSR count). The minimum Gasteiger partial charge on any atom is -0.294 e. The largest absolute Gasteiger partial charge is 0.294 e. The zero-order valence-electron chi connectivity index (χ0n) is 14.0. The second-order valence-corrected chi connectivity index (χ2v) is 8.66. The molecule has 0 saturated carbocycles. The van der Waals surface area contributed by atoms with Gasteiger partial charge in [0.15, 0.2) is 5.78 Å². The quantitative estimate of drug-likeness (QED) is 0.758. The van der Waals surface area contributed by atoms with E-state index in [-0.39, 0.29) is 16.6 Å². The number of rotatable bonds is 4. The van der Waals surface area contributed by atoms with Gasteiger partial charge in [-0.2, -0.15) is 4.31 Å². The molecule has 0 unspecified atom stereocenters. The predicted molar refractivity (Wildman–Crippen MR) is 98.4 cm³/mol. The Labute approximate surface area is 153 Å². The van der Waals surface area contributed by atoms with Crippen molar-refractivity contribution in [1.82, 2.24) is 4.31 Å². The molecule has 0 amide bonds. The summed E-state index contributed by atoms with van der Waals surface area (Å²) in [4.78, 5) is 12.7. The maximum absolute atomic E-state index is 12.8. The van der Waals surface area contributed by atoms with Crippen molar-refractivity contribution < 1.29 is 13.2 Å². The van der Waals surface area contributed by atoms with Crippen LogP contribution in [0.5, 0.6) is 0 Å². The normalized spacial score (nSPS) is 16.7. The standard InChI is InChI=1S/C19H20ClNO3S/c1-14-7-8-17(13-18(14)20)25(23,24)21-11-9-16(10-12-21)19(22)15-5-3-2-4-6-15/h2-8,13,16H,9-12H2,1H3. The number of nitrogens with zero attached hydrogens (tertiary/aromatic N) is 1. The first-order chi connectivity index (χ1) is 11.9. The zero-order valence-corrected chi connectivity index (χ0v) is 15.6.